The van der Waals surface area contributed by atoms with Crippen molar-refractivity contribution in [1.82, 2.24) is 18.3 Å². The molecule has 0 N–H and O–H groups in total. The van der Waals surface area contributed by atoms with Crippen LogP contribution < -0.4 is 0 Å². The van der Waals surface area contributed by atoms with Crippen molar-refractivity contribution in [3.8, 4) is 33.9 Å². The quantitative estimate of drug-likeness (QED) is 0.105. The number of hydrogen-bond acceptors (Lipinski definition) is 1. The van der Waals surface area contributed by atoms with Crippen molar-refractivity contribution in [3.05, 3.63) is 301 Å². The molecule has 4 heterocycles. The molecule has 0 radical (unpaired) electrons. The summed E-state index contributed by atoms with van der Waals surface area (Å²) in [7, 11) is 0. The summed E-state index contributed by atoms with van der Waals surface area (Å²) in [6.45, 7) is 0. The molecule has 0 aliphatic rings. The van der Waals surface area contributed by atoms with E-state index in [9.17, 15) is 4.79 Å². The smallest absolute Gasteiger partial charge is 0.193 e. The van der Waals surface area contributed by atoms with E-state index in [1.807, 2.05) is 24.3 Å². The van der Waals surface area contributed by atoms with Gasteiger partial charge in [0, 0.05) is 77.0 Å². The molecular formula is C75H48N4O. The Kier molecular flexibility index (Phi) is 10.3. The second kappa shape index (κ2) is 18.2. The highest BCUT2D eigenvalue weighted by Crippen LogP contribution is 2.44. The first-order valence-electron chi connectivity index (χ1n) is 27.3. The van der Waals surface area contributed by atoms with Gasteiger partial charge in [-0.1, -0.05) is 170 Å². The molecule has 0 bridgehead atoms. The normalized spacial score (nSPS) is 12.0. The molecule has 0 atom stereocenters. The Bertz CT molecular complexity index is 5060. The average molecular weight is 1020 g/mol. The predicted octanol–water partition coefficient (Wildman–Crippen LogP) is 19.1. The molecule has 0 saturated carbocycles. The minimum atomic E-state index is -0.0102. The fourth-order valence-corrected chi connectivity index (χ4v) is 12.8. The van der Waals surface area contributed by atoms with Gasteiger partial charge < -0.3 is 18.3 Å². The van der Waals surface area contributed by atoms with Gasteiger partial charge in [-0.3, -0.25) is 4.79 Å². The van der Waals surface area contributed by atoms with Crippen LogP contribution in [0.3, 0.4) is 0 Å². The summed E-state index contributed by atoms with van der Waals surface area (Å²) in [6, 6.07) is 99.0. The van der Waals surface area contributed by atoms with Crippen LogP contribution in [0.25, 0.3) is 133 Å². The molecule has 0 aliphatic carbocycles. The van der Waals surface area contributed by atoms with E-state index in [1.54, 1.807) is 0 Å². The van der Waals surface area contributed by atoms with E-state index in [4.69, 9.17) is 0 Å². The SMILES string of the molecule is O=C(c1ccc(-n2c3ccccc3c3ccccc32)cc1)c1ccc(-n2c3ccccc3c3c(-c4cccc5c4c4ccccc4n5-c4ccc(/C=C/c5ccc(-n6c7ccccc7c7ccccc76)cc5)cc4)cccc32)cc1. The summed E-state index contributed by atoms with van der Waals surface area (Å²) in [5, 5.41) is 9.73. The molecule has 0 fully saturated rings. The summed E-state index contributed by atoms with van der Waals surface area (Å²) >= 11 is 0. The number of ketones is 1. The standard InChI is InChI=1S/C75H48N4O/c80-75(51-37-45-55(46-38-51)77-67-25-9-3-17-59(67)60-18-4-10-26-68(60)77)52-39-47-56(48-40-52)79-70-28-12-6-20-64(70)74-62(22-14-30-72(74)79)61-21-13-29-71-73(61)63-19-5-11-27-69(63)78(71)54-43-35-50(36-44-54)32-31-49-33-41-53(42-34-49)76-65-23-7-1-15-57(65)58-16-2-8-24-66(58)76/h1-48H/b32-31+. The van der Waals surface area contributed by atoms with Crippen molar-refractivity contribution in [2.24, 2.45) is 0 Å². The van der Waals surface area contributed by atoms with E-state index >= 15 is 0 Å². The summed E-state index contributed by atoms with van der Waals surface area (Å²) in [5.74, 6) is -0.0102. The Morgan fingerprint density at radius 1 is 0.237 bits per heavy atom. The van der Waals surface area contributed by atoms with Crippen molar-refractivity contribution in [2.75, 3.05) is 0 Å². The lowest BCUT2D eigenvalue weighted by atomic mass is 9.95. The van der Waals surface area contributed by atoms with Crippen LogP contribution in [0, 0.1) is 0 Å². The van der Waals surface area contributed by atoms with Crippen molar-refractivity contribution >= 4 is 105 Å². The molecule has 0 amide bonds. The predicted molar refractivity (Wildman–Crippen MR) is 334 cm³/mol. The van der Waals surface area contributed by atoms with Gasteiger partial charge in [0.1, 0.15) is 0 Å². The molecule has 80 heavy (non-hydrogen) atoms. The number of aromatic nitrogens is 4. The van der Waals surface area contributed by atoms with Gasteiger partial charge in [0.15, 0.2) is 5.78 Å². The highest BCUT2D eigenvalue weighted by atomic mass is 16.1. The van der Waals surface area contributed by atoms with Gasteiger partial charge in [-0.15, -0.1) is 0 Å². The third-order valence-corrected chi connectivity index (χ3v) is 16.4. The fraction of sp³-hybridized carbons (Fsp3) is 0. The number of rotatable bonds is 9. The van der Waals surface area contributed by atoms with Crippen molar-refractivity contribution in [1.29, 1.82) is 0 Å². The number of para-hydroxylation sites is 6. The summed E-state index contributed by atoms with van der Waals surface area (Å²) in [5.41, 5.74) is 19.4. The first-order valence-corrected chi connectivity index (χ1v) is 27.3. The molecule has 16 aromatic rings. The Morgan fingerprint density at radius 2 is 0.487 bits per heavy atom. The molecule has 0 spiro atoms. The Balaban J connectivity index is 0.714. The lowest BCUT2D eigenvalue weighted by Crippen LogP contribution is -2.03. The van der Waals surface area contributed by atoms with Crippen molar-refractivity contribution in [3.63, 3.8) is 0 Å². The molecule has 0 saturated heterocycles. The van der Waals surface area contributed by atoms with Gasteiger partial charge in [-0.2, -0.15) is 0 Å². The third kappa shape index (κ3) is 7.08. The van der Waals surface area contributed by atoms with E-state index in [0.29, 0.717) is 11.1 Å². The van der Waals surface area contributed by atoms with Gasteiger partial charge in [0.2, 0.25) is 0 Å². The van der Waals surface area contributed by atoms with Crippen LogP contribution in [0.2, 0.25) is 0 Å². The number of carbonyl (C=O) groups is 1. The van der Waals surface area contributed by atoms with Gasteiger partial charge in [0.25, 0.3) is 0 Å². The number of hydrogen-bond donors (Lipinski definition) is 0. The minimum absolute atomic E-state index is 0.0102. The van der Waals surface area contributed by atoms with Gasteiger partial charge >= 0.3 is 0 Å². The second-order valence-corrected chi connectivity index (χ2v) is 20.8. The molecule has 16 rings (SSSR count). The topological polar surface area (TPSA) is 36.8 Å². The summed E-state index contributed by atoms with van der Waals surface area (Å²) in [4.78, 5) is 14.1. The molecular weight excluding hydrogens is 973 g/mol. The van der Waals surface area contributed by atoms with Crippen molar-refractivity contribution in [2.45, 2.75) is 0 Å². The molecule has 374 valence electrons. The maximum Gasteiger partial charge on any atom is 0.193 e. The average Bonchev–Trinajstić information content (AvgIpc) is 4.36. The lowest BCUT2D eigenvalue weighted by Gasteiger charge is -2.11. The van der Waals surface area contributed by atoms with Gasteiger partial charge in [0.05, 0.1) is 44.1 Å². The molecule has 0 aliphatic heterocycles. The number of nitrogens with zero attached hydrogens (tertiary/aromatic N) is 4. The van der Waals surface area contributed by atoms with E-state index in [1.165, 1.54) is 65.3 Å². The molecule has 5 heteroatoms. The highest BCUT2D eigenvalue weighted by molar-refractivity contribution is 6.22. The van der Waals surface area contributed by atoms with Gasteiger partial charge in [-0.25, -0.2) is 0 Å². The van der Waals surface area contributed by atoms with E-state index in [-0.39, 0.29) is 5.78 Å². The van der Waals surface area contributed by atoms with Crippen LogP contribution in [-0.4, -0.2) is 24.1 Å². The summed E-state index contributed by atoms with van der Waals surface area (Å²) < 4.78 is 9.37. The maximum atomic E-state index is 14.1. The third-order valence-electron chi connectivity index (χ3n) is 16.4. The van der Waals surface area contributed by atoms with Gasteiger partial charge in [-0.05, 0) is 144 Å². The molecule has 5 nitrogen and oxygen atoms in total. The van der Waals surface area contributed by atoms with E-state index in [0.717, 1.165) is 67.0 Å². The Hall–Kier alpha value is -10.8. The molecule has 4 aromatic heterocycles. The lowest BCUT2D eigenvalue weighted by molar-refractivity contribution is 0.103. The van der Waals surface area contributed by atoms with Crippen LogP contribution in [0.5, 0.6) is 0 Å². The number of carbonyl (C=O) groups excluding carboxylic acids is 1. The Morgan fingerprint density at radius 3 is 0.812 bits per heavy atom. The van der Waals surface area contributed by atoms with E-state index in [2.05, 4.69) is 285 Å². The largest absolute Gasteiger partial charge is 0.309 e. The highest BCUT2D eigenvalue weighted by Gasteiger charge is 2.22. The zero-order valence-electron chi connectivity index (χ0n) is 43.4. The van der Waals surface area contributed by atoms with Crippen LogP contribution in [0.4, 0.5) is 0 Å². The second-order valence-electron chi connectivity index (χ2n) is 20.8. The zero-order chi connectivity index (χ0) is 52.8. The Labute approximate surface area is 461 Å². The maximum absolute atomic E-state index is 14.1. The molecule has 12 aromatic carbocycles. The summed E-state index contributed by atoms with van der Waals surface area (Å²) in [6.07, 6.45) is 4.39. The van der Waals surface area contributed by atoms with E-state index < -0.39 is 0 Å². The minimum Gasteiger partial charge on any atom is -0.309 e. The van der Waals surface area contributed by atoms with Crippen LogP contribution in [-0.2, 0) is 0 Å². The number of benzene rings is 12. The zero-order valence-corrected chi connectivity index (χ0v) is 43.4. The molecule has 0 unspecified atom stereocenters. The fourth-order valence-electron chi connectivity index (χ4n) is 12.8. The number of fused-ring (bicyclic) bond motifs is 12. The van der Waals surface area contributed by atoms with Crippen LogP contribution in [0.15, 0.2) is 279 Å². The van der Waals surface area contributed by atoms with Crippen LogP contribution in [0.1, 0.15) is 27.0 Å². The van der Waals surface area contributed by atoms with Crippen molar-refractivity contribution < 1.29 is 4.79 Å². The van der Waals surface area contributed by atoms with Crippen LogP contribution >= 0.6 is 0 Å². The first-order chi connectivity index (χ1) is 39.6. The monoisotopic (exact) mass is 1020 g/mol. The first kappa shape index (κ1) is 45.4.